The number of hydrogen-bond acceptors (Lipinski definition) is 4. The summed E-state index contributed by atoms with van der Waals surface area (Å²) >= 11 is 0. The van der Waals surface area contributed by atoms with Gasteiger partial charge < -0.3 is 5.32 Å². The summed E-state index contributed by atoms with van der Waals surface area (Å²) < 4.78 is 27.7. The molecule has 0 radical (unpaired) electrons. The molecular formula is C25H31N3O4S. The summed E-state index contributed by atoms with van der Waals surface area (Å²) in [4.78, 5) is 27.1. The van der Waals surface area contributed by atoms with Gasteiger partial charge in [0.05, 0.1) is 4.90 Å². The highest BCUT2D eigenvalue weighted by Crippen LogP contribution is 2.35. The fourth-order valence-electron chi connectivity index (χ4n) is 4.64. The number of amides is 2. The number of carbonyl (C=O) groups is 2. The highest BCUT2D eigenvalue weighted by atomic mass is 32.2. The number of sulfonamides is 1. The number of nitrogens with zero attached hydrogens (tertiary/aromatic N) is 2. The Hall–Kier alpha value is -2.71. The summed E-state index contributed by atoms with van der Waals surface area (Å²) in [6, 6.07) is 12.2. The maximum atomic E-state index is 13.1. The number of fused-ring (bicyclic) bond motifs is 1. The van der Waals surface area contributed by atoms with E-state index in [0.717, 1.165) is 31.2 Å². The van der Waals surface area contributed by atoms with Crippen LogP contribution < -0.4 is 10.2 Å². The van der Waals surface area contributed by atoms with Crippen molar-refractivity contribution in [2.75, 3.05) is 18.0 Å². The van der Waals surface area contributed by atoms with Crippen LogP contribution in [0.3, 0.4) is 0 Å². The molecule has 0 unspecified atom stereocenters. The molecule has 7 nitrogen and oxygen atoms in total. The van der Waals surface area contributed by atoms with E-state index in [1.807, 2.05) is 24.3 Å². The van der Waals surface area contributed by atoms with Crippen LogP contribution in [0.15, 0.2) is 47.4 Å². The SMILES string of the molecule is CCc1ccc(CNC(=O)[C@H]2Cc3cc(S(=O)(=O)N4CCCCC4)ccc3N2C(C)=O)cc1. The lowest BCUT2D eigenvalue weighted by molar-refractivity contribution is -0.125. The first kappa shape index (κ1) is 23.4. The van der Waals surface area contributed by atoms with Gasteiger partial charge in [-0.05, 0) is 54.2 Å². The summed E-state index contributed by atoms with van der Waals surface area (Å²) in [5.74, 6) is -0.491. The summed E-state index contributed by atoms with van der Waals surface area (Å²) in [5, 5.41) is 2.94. The molecule has 33 heavy (non-hydrogen) atoms. The molecule has 1 saturated heterocycles. The average Bonchev–Trinajstić information content (AvgIpc) is 3.22. The number of aryl methyl sites for hydroxylation is 1. The van der Waals surface area contributed by atoms with Crippen molar-refractivity contribution in [1.29, 1.82) is 0 Å². The third kappa shape index (κ3) is 4.82. The van der Waals surface area contributed by atoms with E-state index >= 15 is 0 Å². The molecule has 0 saturated carbocycles. The van der Waals surface area contributed by atoms with Gasteiger partial charge in [-0.2, -0.15) is 4.31 Å². The van der Waals surface area contributed by atoms with Gasteiger partial charge in [0.25, 0.3) is 0 Å². The molecule has 2 aromatic carbocycles. The maximum Gasteiger partial charge on any atom is 0.243 e. The first-order chi connectivity index (χ1) is 15.8. The van der Waals surface area contributed by atoms with Gasteiger partial charge in [-0.1, -0.05) is 37.6 Å². The molecule has 1 fully saturated rings. The summed E-state index contributed by atoms with van der Waals surface area (Å²) in [7, 11) is -3.58. The van der Waals surface area contributed by atoms with Gasteiger partial charge in [-0.3, -0.25) is 14.5 Å². The Bertz CT molecular complexity index is 1140. The lowest BCUT2D eigenvalue weighted by Crippen LogP contribution is -2.47. The van der Waals surface area contributed by atoms with Crippen LogP contribution in [0.4, 0.5) is 5.69 Å². The Kier molecular flexibility index (Phi) is 6.86. The van der Waals surface area contributed by atoms with Crippen molar-refractivity contribution in [2.24, 2.45) is 0 Å². The number of hydrogen-bond donors (Lipinski definition) is 1. The zero-order valence-electron chi connectivity index (χ0n) is 19.2. The van der Waals surface area contributed by atoms with E-state index in [2.05, 4.69) is 12.2 Å². The topological polar surface area (TPSA) is 86.8 Å². The van der Waals surface area contributed by atoms with E-state index in [1.165, 1.54) is 21.7 Å². The van der Waals surface area contributed by atoms with E-state index < -0.39 is 16.1 Å². The molecule has 2 amide bonds. The molecule has 4 rings (SSSR count). The van der Waals surface area contributed by atoms with Crippen molar-refractivity contribution in [2.45, 2.75) is 63.4 Å². The van der Waals surface area contributed by atoms with Gasteiger partial charge >= 0.3 is 0 Å². The Labute approximate surface area is 195 Å². The largest absolute Gasteiger partial charge is 0.350 e. The highest BCUT2D eigenvalue weighted by molar-refractivity contribution is 7.89. The van der Waals surface area contributed by atoms with Crippen LogP contribution in [-0.2, 0) is 39.0 Å². The molecule has 0 aromatic heterocycles. The Morgan fingerprint density at radius 2 is 1.67 bits per heavy atom. The van der Waals surface area contributed by atoms with Crippen LogP contribution >= 0.6 is 0 Å². The second kappa shape index (κ2) is 9.65. The van der Waals surface area contributed by atoms with Crippen molar-refractivity contribution in [3.8, 4) is 0 Å². The fraction of sp³-hybridized carbons (Fsp3) is 0.440. The first-order valence-electron chi connectivity index (χ1n) is 11.6. The molecule has 1 atom stereocenters. The van der Waals surface area contributed by atoms with Gasteiger partial charge in [-0.25, -0.2) is 8.42 Å². The minimum atomic E-state index is -3.58. The third-order valence-corrected chi connectivity index (χ3v) is 8.42. The first-order valence-corrected chi connectivity index (χ1v) is 13.0. The van der Waals surface area contributed by atoms with Crippen LogP contribution in [0.25, 0.3) is 0 Å². The fourth-order valence-corrected chi connectivity index (χ4v) is 6.21. The summed E-state index contributed by atoms with van der Waals surface area (Å²) in [6.45, 7) is 4.95. The van der Waals surface area contributed by atoms with E-state index in [-0.39, 0.29) is 16.7 Å². The van der Waals surface area contributed by atoms with Gasteiger partial charge in [0.2, 0.25) is 21.8 Å². The molecule has 1 N–H and O–H groups in total. The van der Waals surface area contributed by atoms with Crippen molar-refractivity contribution in [3.05, 3.63) is 59.2 Å². The molecule has 2 heterocycles. The zero-order chi connectivity index (χ0) is 23.6. The van der Waals surface area contributed by atoms with Crippen LogP contribution in [0.5, 0.6) is 0 Å². The van der Waals surface area contributed by atoms with Crippen molar-refractivity contribution in [1.82, 2.24) is 9.62 Å². The molecule has 176 valence electrons. The maximum absolute atomic E-state index is 13.1. The zero-order valence-corrected chi connectivity index (χ0v) is 20.0. The van der Waals surface area contributed by atoms with Gasteiger partial charge in [0.1, 0.15) is 6.04 Å². The lowest BCUT2D eigenvalue weighted by Gasteiger charge is -2.26. The second-order valence-electron chi connectivity index (χ2n) is 8.75. The predicted molar refractivity (Wildman–Crippen MR) is 127 cm³/mol. The molecule has 0 bridgehead atoms. The highest BCUT2D eigenvalue weighted by Gasteiger charge is 2.38. The minimum absolute atomic E-state index is 0.226. The summed E-state index contributed by atoms with van der Waals surface area (Å²) in [5.41, 5.74) is 3.53. The number of anilines is 1. The smallest absolute Gasteiger partial charge is 0.243 e. The van der Waals surface area contributed by atoms with Crippen LogP contribution in [0.1, 0.15) is 49.8 Å². The number of rotatable bonds is 6. The molecule has 0 aliphatic carbocycles. The standard InChI is InChI=1S/C25H31N3O4S/c1-3-19-7-9-20(10-8-19)17-26-25(30)24-16-21-15-22(11-12-23(21)28(24)18(2)29)33(31,32)27-13-5-4-6-14-27/h7-12,15,24H,3-6,13-14,16-17H2,1-2H3,(H,26,30)/t24-/m1/s1. The molecule has 2 aliphatic rings. The normalized spacial score (nSPS) is 18.7. The molecular weight excluding hydrogens is 438 g/mol. The lowest BCUT2D eigenvalue weighted by atomic mass is 10.1. The van der Waals surface area contributed by atoms with Crippen molar-refractivity contribution < 1.29 is 18.0 Å². The van der Waals surface area contributed by atoms with Crippen LogP contribution in [0.2, 0.25) is 0 Å². The van der Waals surface area contributed by atoms with Crippen molar-refractivity contribution >= 4 is 27.5 Å². The van der Waals surface area contributed by atoms with Gasteiger partial charge in [0, 0.05) is 38.7 Å². The summed E-state index contributed by atoms with van der Waals surface area (Å²) in [6.07, 6.45) is 4.02. The monoisotopic (exact) mass is 469 g/mol. The second-order valence-corrected chi connectivity index (χ2v) is 10.7. The third-order valence-electron chi connectivity index (χ3n) is 6.53. The molecule has 2 aliphatic heterocycles. The number of nitrogens with one attached hydrogen (secondary N) is 1. The number of piperidine rings is 1. The van der Waals surface area contributed by atoms with E-state index in [4.69, 9.17) is 0 Å². The number of benzene rings is 2. The Morgan fingerprint density at radius 3 is 2.30 bits per heavy atom. The van der Waals surface area contributed by atoms with Gasteiger partial charge in [-0.15, -0.1) is 0 Å². The quantitative estimate of drug-likeness (QED) is 0.705. The average molecular weight is 470 g/mol. The van der Waals surface area contributed by atoms with E-state index in [0.29, 0.717) is 37.3 Å². The van der Waals surface area contributed by atoms with E-state index in [1.54, 1.807) is 18.2 Å². The molecule has 0 spiro atoms. The number of carbonyl (C=O) groups excluding carboxylic acids is 2. The predicted octanol–water partition coefficient (Wildman–Crippen LogP) is 3.02. The van der Waals surface area contributed by atoms with Gasteiger partial charge in [0.15, 0.2) is 0 Å². The molecule has 8 heteroatoms. The van der Waals surface area contributed by atoms with Crippen molar-refractivity contribution in [3.63, 3.8) is 0 Å². The Balaban J connectivity index is 1.52. The van der Waals surface area contributed by atoms with Crippen LogP contribution in [0, 0.1) is 0 Å². The Morgan fingerprint density at radius 1 is 1.00 bits per heavy atom. The van der Waals surface area contributed by atoms with Crippen LogP contribution in [-0.4, -0.2) is 43.7 Å². The van der Waals surface area contributed by atoms with E-state index in [9.17, 15) is 18.0 Å². The minimum Gasteiger partial charge on any atom is -0.350 e. The molecule has 2 aromatic rings.